The topological polar surface area (TPSA) is 92.8 Å². The van der Waals surface area contributed by atoms with Gasteiger partial charge < -0.3 is 25.0 Å². The first-order valence-corrected chi connectivity index (χ1v) is 11.6. The summed E-state index contributed by atoms with van der Waals surface area (Å²) in [6.45, 7) is 5.26. The van der Waals surface area contributed by atoms with Crippen LogP contribution in [-0.2, 0) is 20.8 Å². The number of anilines is 3. The number of rotatable bonds is 8. The molecular weight excluding hydrogens is 440 g/mol. The van der Waals surface area contributed by atoms with Crippen molar-refractivity contribution in [1.29, 1.82) is 0 Å². The van der Waals surface area contributed by atoms with Crippen LogP contribution in [0.3, 0.4) is 0 Å². The highest BCUT2D eigenvalue weighted by atomic mass is 32.1. The average molecular weight is 467 g/mol. The first-order valence-electron chi connectivity index (χ1n) is 10.8. The number of thiazole rings is 1. The Hall–Kier alpha value is -3.43. The zero-order valence-corrected chi connectivity index (χ0v) is 19.1. The number of benzene rings is 2. The van der Waals surface area contributed by atoms with Crippen molar-refractivity contribution in [3.05, 3.63) is 71.2 Å². The first kappa shape index (κ1) is 22.8. The van der Waals surface area contributed by atoms with Crippen LogP contribution in [0.25, 0.3) is 0 Å². The zero-order chi connectivity index (χ0) is 23.0. The molecule has 1 aliphatic rings. The molecule has 2 heterocycles. The molecule has 0 radical (unpaired) electrons. The number of hydrogen-bond donors (Lipinski definition) is 2. The molecule has 8 nitrogen and oxygen atoms in total. The second-order valence-electron chi connectivity index (χ2n) is 7.56. The molecule has 1 saturated heterocycles. The number of hydrogen-bond acceptors (Lipinski definition) is 8. The van der Waals surface area contributed by atoms with E-state index in [-0.39, 0.29) is 5.69 Å². The molecular formula is C24H26N4O4S. The lowest BCUT2D eigenvalue weighted by atomic mass is 10.2. The first-order chi connectivity index (χ1) is 16.1. The summed E-state index contributed by atoms with van der Waals surface area (Å²) in [4.78, 5) is 31.4. The quantitative estimate of drug-likeness (QED) is 0.488. The Bertz CT molecular complexity index is 1070. The molecule has 0 saturated carbocycles. The number of esters is 1. The molecule has 1 aromatic heterocycles. The van der Waals surface area contributed by atoms with Crippen molar-refractivity contribution >= 4 is 39.7 Å². The predicted molar refractivity (Wildman–Crippen MR) is 129 cm³/mol. The number of morpholine rings is 1. The Morgan fingerprint density at radius 3 is 2.58 bits per heavy atom. The highest BCUT2D eigenvalue weighted by Crippen LogP contribution is 2.20. The molecule has 9 heteroatoms. The van der Waals surface area contributed by atoms with Crippen LogP contribution in [0.2, 0.25) is 0 Å². The van der Waals surface area contributed by atoms with Gasteiger partial charge in [0.1, 0.15) is 0 Å². The van der Waals surface area contributed by atoms with E-state index in [9.17, 15) is 9.59 Å². The summed E-state index contributed by atoms with van der Waals surface area (Å²) in [5.74, 6) is -1.04. The van der Waals surface area contributed by atoms with Crippen LogP contribution < -0.4 is 15.5 Å². The highest BCUT2D eigenvalue weighted by Gasteiger charge is 2.21. The van der Waals surface area contributed by atoms with E-state index in [1.807, 2.05) is 54.6 Å². The minimum Gasteiger partial charge on any atom is -0.448 e. The van der Waals surface area contributed by atoms with Crippen molar-refractivity contribution in [3.63, 3.8) is 0 Å². The van der Waals surface area contributed by atoms with Crippen molar-refractivity contribution in [1.82, 2.24) is 4.98 Å². The lowest BCUT2D eigenvalue weighted by Crippen LogP contribution is -2.36. The Morgan fingerprint density at radius 2 is 1.85 bits per heavy atom. The summed E-state index contributed by atoms with van der Waals surface area (Å²) in [7, 11) is 0. The average Bonchev–Trinajstić information content (AvgIpc) is 3.34. The van der Waals surface area contributed by atoms with Gasteiger partial charge in [-0.05, 0) is 36.8 Å². The van der Waals surface area contributed by atoms with E-state index < -0.39 is 18.0 Å². The van der Waals surface area contributed by atoms with Gasteiger partial charge in [0.05, 0.1) is 13.2 Å². The van der Waals surface area contributed by atoms with Crippen molar-refractivity contribution in [2.75, 3.05) is 41.8 Å². The molecule has 4 rings (SSSR count). The van der Waals surface area contributed by atoms with E-state index in [0.717, 1.165) is 24.3 Å². The van der Waals surface area contributed by atoms with Crippen LogP contribution in [0.15, 0.2) is 60.0 Å². The Balaban J connectivity index is 1.26. The van der Waals surface area contributed by atoms with Gasteiger partial charge in [0.2, 0.25) is 0 Å². The number of nitrogens with zero attached hydrogens (tertiary/aromatic N) is 2. The molecule has 1 amide bonds. The second-order valence-corrected chi connectivity index (χ2v) is 8.42. The molecule has 1 unspecified atom stereocenters. The van der Waals surface area contributed by atoms with Crippen LogP contribution in [0, 0.1) is 0 Å². The van der Waals surface area contributed by atoms with E-state index in [4.69, 9.17) is 9.47 Å². The number of aromatic nitrogens is 1. The van der Waals surface area contributed by atoms with Crippen LogP contribution in [0.4, 0.5) is 16.5 Å². The minimum absolute atomic E-state index is 0.171. The van der Waals surface area contributed by atoms with Gasteiger partial charge in [0.15, 0.2) is 16.9 Å². The van der Waals surface area contributed by atoms with E-state index in [1.54, 1.807) is 5.38 Å². The van der Waals surface area contributed by atoms with Gasteiger partial charge in [-0.3, -0.25) is 4.79 Å². The minimum atomic E-state index is -0.959. The van der Waals surface area contributed by atoms with Gasteiger partial charge in [0.25, 0.3) is 5.91 Å². The highest BCUT2D eigenvalue weighted by molar-refractivity contribution is 7.13. The molecule has 1 fully saturated rings. The Labute approximate surface area is 196 Å². The normalized spacial score (nSPS) is 14.4. The van der Waals surface area contributed by atoms with Gasteiger partial charge in [-0.15, -0.1) is 11.3 Å². The summed E-state index contributed by atoms with van der Waals surface area (Å²) in [6.07, 6.45) is -0.959. The van der Waals surface area contributed by atoms with Gasteiger partial charge in [0, 0.05) is 36.4 Å². The number of nitrogens with one attached hydrogen (secondary N) is 2. The molecule has 0 spiro atoms. The van der Waals surface area contributed by atoms with Crippen LogP contribution >= 0.6 is 11.3 Å². The SMILES string of the molecule is CC(OC(=O)c1csc(NCc2ccccc2)n1)C(=O)Nc1ccc(N2CCOCC2)cc1. The Morgan fingerprint density at radius 1 is 1.12 bits per heavy atom. The molecule has 2 aromatic carbocycles. The fraction of sp³-hybridized carbons (Fsp3) is 0.292. The largest absolute Gasteiger partial charge is 0.448 e. The lowest BCUT2D eigenvalue weighted by molar-refractivity contribution is -0.123. The lowest BCUT2D eigenvalue weighted by Gasteiger charge is -2.28. The number of carbonyl (C=O) groups is 2. The number of ether oxygens (including phenoxy) is 2. The number of amides is 1. The zero-order valence-electron chi connectivity index (χ0n) is 18.3. The van der Waals surface area contributed by atoms with Crippen LogP contribution in [0.5, 0.6) is 0 Å². The van der Waals surface area contributed by atoms with E-state index in [1.165, 1.54) is 18.3 Å². The van der Waals surface area contributed by atoms with Crippen LogP contribution in [-0.4, -0.2) is 49.3 Å². The maximum absolute atomic E-state index is 12.5. The third-order valence-electron chi connectivity index (χ3n) is 5.16. The third kappa shape index (κ3) is 6.30. The van der Waals surface area contributed by atoms with Gasteiger partial charge >= 0.3 is 5.97 Å². The summed E-state index contributed by atoms with van der Waals surface area (Å²) in [6, 6.07) is 17.5. The fourth-order valence-electron chi connectivity index (χ4n) is 3.32. The molecule has 172 valence electrons. The molecule has 3 aromatic rings. The smallest absolute Gasteiger partial charge is 0.358 e. The number of carbonyl (C=O) groups excluding carboxylic acids is 2. The molecule has 2 N–H and O–H groups in total. The summed E-state index contributed by atoms with van der Waals surface area (Å²) in [5.41, 5.74) is 3.00. The maximum Gasteiger partial charge on any atom is 0.358 e. The van der Waals surface area contributed by atoms with Crippen molar-refractivity contribution in [3.8, 4) is 0 Å². The van der Waals surface area contributed by atoms with Gasteiger partial charge in [-0.2, -0.15) is 0 Å². The third-order valence-corrected chi connectivity index (χ3v) is 5.96. The fourth-order valence-corrected chi connectivity index (χ4v) is 4.00. The molecule has 1 atom stereocenters. The second kappa shape index (κ2) is 10.9. The molecule has 0 aliphatic carbocycles. The van der Waals surface area contributed by atoms with Crippen LogP contribution in [0.1, 0.15) is 23.0 Å². The van der Waals surface area contributed by atoms with Crippen molar-refractivity contribution in [2.24, 2.45) is 0 Å². The molecule has 33 heavy (non-hydrogen) atoms. The molecule has 1 aliphatic heterocycles. The summed E-state index contributed by atoms with van der Waals surface area (Å²) >= 11 is 1.31. The van der Waals surface area contributed by atoms with Gasteiger partial charge in [-0.25, -0.2) is 9.78 Å². The van der Waals surface area contributed by atoms with E-state index >= 15 is 0 Å². The van der Waals surface area contributed by atoms with Crippen molar-refractivity contribution < 1.29 is 19.1 Å². The molecule has 0 bridgehead atoms. The standard InChI is InChI=1S/C24H26N4O4S/c1-17(22(29)26-19-7-9-20(10-8-19)28-11-13-31-14-12-28)32-23(30)21-16-33-24(27-21)25-15-18-5-3-2-4-6-18/h2-10,16-17H,11-15H2,1H3,(H,25,27)(H,26,29). The Kier molecular flexibility index (Phi) is 7.54. The van der Waals surface area contributed by atoms with Crippen molar-refractivity contribution in [2.45, 2.75) is 19.6 Å². The van der Waals surface area contributed by atoms with Gasteiger partial charge in [-0.1, -0.05) is 30.3 Å². The summed E-state index contributed by atoms with van der Waals surface area (Å²) in [5, 5.41) is 8.20. The maximum atomic E-state index is 12.5. The monoisotopic (exact) mass is 466 g/mol. The van der Waals surface area contributed by atoms with E-state index in [0.29, 0.717) is 30.6 Å². The van der Waals surface area contributed by atoms with E-state index in [2.05, 4.69) is 20.5 Å². The summed E-state index contributed by atoms with van der Waals surface area (Å²) < 4.78 is 10.7. The predicted octanol–water partition coefficient (Wildman–Crippen LogP) is 3.78.